The minimum absolute atomic E-state index is 0.176. The van der Waals surface area contributed by atoms with Crippen molar-refractivity contribution in [1.29, 1.82) is 0 Å². The van der Waals surface area contributed by atoms with E-state index in [1.165, 1.54) is 30.4 Å². The van der Waals surface area contributed by atoms with E-state index in [2.05, 4.69) is 25.1 Å². The average Bonchev–Trinajstić information content (AvgIpc) is 2.83. The Bertz CT molecular complexity index is 429. The molecule has 98 valence electrons. The van der Waals surface area contributed by atoms with Crippen LogP contribution in [0.5, 0.6) is 5.75 Å². The van der Waals surface area contributed by atoms with Crippen molar-refractivity contribution in [1.82, 2.24) is 0 Å². The van der Waals surface area contributed by atoms with Crippen molar-refractivity contribution in [2.24, 2.45) is 11.8 Å². The van der Waals surface area contributed by atoms with Crippen molar-refractivity contribution in [3.63, 3.8) is 0 Å². The Balaban J connectivity index is 1.83. The molecular weight excluding hydrogens is 244 g/mol. The van der Waals surface area contributed by atoms with E-state index in [1.54, 1.807) is 0 Å². The van der Waals surface area contributed by atoms with Gasteiger partial charge in [0.15, 0.2) is 0 Å². The summed E-state index contributed by atoms with van der Waals surface area (Å²) in [6, 6.07) is 6.54. The lowest BCUT2D eigenvalue weighted by Crippen LogP contribution is -2.13. The zero-order valence-electron chi connectivity index (χ0n) is 11.0. The summed E-state index contributed by atoms with van der Waals surface area (Å²) in [4.78, 5) is 0. The Morgan fingerprint density at radius 3 is 2.94 bits per heavy atom. The summed E-state index contributed by atoms with van der Waals surface area (Å²) in [6.07, 6.45) is 6.21. The fourth-order valence-electron chi connectivity index (χ4n) is 3.41. The third-order valence-corrected chi connectivity index (χ3v) is 5.13. The lowest BCUT2D eigenvalue weighted by atomic mass is 9.89. The molecule has 1 fully saturated rings. The molecule has 1 aromatic carbocycles. The summed E-state index contributed by atoms with van der Waals surface area (Å²) in [5, 5.41) is 0.176. The van der Waals surface area contributed by atoms with Crippen molar-refractivity contribution in [2.75, 3.05) is 6.61 Å². The highest BCUT2D eigenvalue weighted by atomic mass is 35.5. The van der Waals surface area contributed by atoms with E-state index in [1.807, 2.05) is 0 Å². The van der Waals surface area contributed by atoms with Gasteiger partial charge in [-0.2, -0.15) is 0 Å². The smallest absolute Gasteiger partial charge is 0.122 e. The van der Waals surface area contributed by atoms with Crippen LogP contribution in [0.4, 0.5) is 0 Å². The SMILES string of the molecule is CC1CCCC1C(Cl)c1ccc2c(c1)CCCO2. The minimum atomic E-state index is 0.176. The van der Waals surface area contributed by atoms with E-state index in [9.17, 15) is 0 Å². The number of fused-ring (bicyclic) bond motifs is 1. The summed E-state index contributed by atoms with van der Waals surface area (Å²) in [7, 11) is 0. The number of benzene rings is 1. The van der Waals surface area contributed by atoms with Crippen LogP contribution in [0.1, 0.15) is 49.1 Å². The number of alkyl halides is 1. The molecule has 2 heteroatoms. The first-order valence-corrected chi connectivity index (χ1v) is 7.59. The van der Waals surface area contributed by atoms with Crippen LogP contribution < -0.4 is 4.74 Å². The Labute approximate surface area is 114 Å². The number of hydrogen-bond donors (Lipinski definition) is 0. The minimum Gasteiger partial charge on any atom is -0.493 e. The zero-order chi connectivity index (χ0) is 12.5. The molecule has 0 spiro atoms. The van der Waals surface area contributed by atoms with Gasteiger partial charge in [0.05, 0.1) is 12.0 Å². The number of rotatable bonds is 2. The highest BCUT2D eigenvalue weighted by molar-refractivity contribution is 6.21. The molecule has 0 radical (unpaired) electrons. The predicted molar refractivity (Wildman–Crippen MR) is 75.4 cm³/mol. The van der Waals surface area contributed by atoms with Crippen LogP contribution >= 0.6 is 11.6 Å². The number of aryl methyl sites for hydroxylation is 1. The van der Waals surface area contributed by atoms with Gasteiger partial charge in [-0.1, -0.05) is 31.9 Å². The fourth-order valence-corrected chi connectivity index (χ4v) is 3.92. The van der Waals surface area contributed by atoms with E-state index >= 15 is 0 Å². The number of ether oxygens (including phenoxy) is 1. The van der Waals surface area contributed by atoms with Gasteiger partial charge < -0.3 is 4.74 Å². The second-order valence-corrected chi connectivity index (χ2v) is 6.26. The maximum atomic E-state index is 6.71. The summed E-state index contributed by atoms with van der Waals surface area (Å²) in [6.45, 7) is 3.20. The van der Waals surface area contributed by atoms with Crippen LogP contribution in [-0.2, 0) is 6.42 Å². The van der Waals surface area contributed by atoms with Crippen LogP contribution in [0.15, 0.2) is 18.2 Å². The summed E-state index contributed by atoms with van der Waals surface area (Å²) in [5.74, 6) is 2.47. The van der Waals surface area contributed by atoms with Gasteiger partial charge in [-0.05, 0) is 48.3 Å². The molecule has 0 saturated heterocycles. The zero-order valence-corrected chi connectivity index (χ0v) is 11.7. The molecule has 1 saturated carbocycles. The van der Waals surface area contributed by atoms with E-state index in [0.717, 1.165) is 31.1 Å². The van der Waals surface area contributed by atoms with Gasteiger partial charge in [-0.15, -0.1) is 11.6 Å². The molecule has 1 aromatic rings. The van der Waals surface area contributed by atoms with E-state index in [-0.39, 0.29) is 5.38 Å². The van der Waals surface area contributed by atoms with Crippen molar-refractivity contribution in [3.05, 3.63) is 29.3 Å². The first-order chi connectivity index (χ1) is 8.75. The highest BCUT2D eigenvalue weighted by Gasteiger charge is 2.31. The van der Waals surface area contributed by atoms with Gasteiger partial charge in [0.2, 0.25) is 0 Å². The molecule has 18 heavy (non-hydrogen) atoms. The summed E-state index contributed by atoms with van der Waals surface area (Å²) >= 11 is 6.71. The maximum absolute atomic E-state index is 6.71. The molecule has 1 heterocycles. The number of hydrogen-bond acceptors (Lipinski definition) is 1. The topological polar surface area (TPSA) is 9.23 Å². The number of halogens is 1. The van der Waals surface area contributed by atoms with E-state index in [0.29, 0.717) is 5.92 Å². The van der Waals surface area contributed by atoms with Crippen LogP contribution in [0, 0.1) is 11.8 Å². The Kier molecular flexibility index (Phi) is 3.52. The second kappa shape index (κ2) is 5.13. The Morgan fingerprint density at radius 1 is 1.28 bits per heavy atom. The van der Waals surface area contributed by atoms with Crippen LogP contribution in [0.3, 0.4) is 0 Å². The molecule has 2 aliphatic rings. The Hall–Kier alpha value is -0.690. The molecule has 1 aliphatic carbocycles. The first kappa shape index (κ1) is 12.3. The molecule has 1 aliphatic heterocycles. The van der Waals surface area contributed by atoms with E-state index in [4.69, 9.17) is 16.3 Å². The quantitative estimate of drug-likeness (QED) is 0.702. The van der Waals surface area contributed by atoms with E-state index < -0.39 is 0 Å². The lowest BCUT2D eigenvalue weighted by molar-refractivity contribution is 0.288. The summed E-state index contributed by atoms with van der Waals surface area (Å²) < 4.78 is 5.66. The lowest BCUT2D eigenvalue weighted by Gasteiger charge is -2.24. The molecule has 3 rings (SSSR count). The third kappa shape index (κ3) is 2.25. The highest BCUT2D eigenvalue weighted by Crippen LogP contribution is 2.44. The largest absolute Gasteiger partial charge is 0.493 e. The average molecular weight is 265 g/mol. The van der Waals surface area contributed by atoms with Crippen LogP contribution in [-0.4, -0.2) is 6.61 Å². The predicted octanol–water partition coefficient (Wildman–Crippen LogP) is 4.73. The molecule has 3 atom stereocenters. The van der Waals surface area contributed by atoms with Gasteiger partial charge in [-0.3, -0.25) is 0 Å². The monoisotopic (exact) mass is 264 g/mol. The second-order valence-electron chi connectivity index (χ2n) is 5.79. The maximum Gasteiger partial charge on any atom is 0.122 e. The van der Waals surface area contributed by atoms with Gasteiger partial charge in [0.25, 0.3) is 0 Å². The van der Waals surface area contributed by atoms with Crippen molar-refractivity contribution < 1.29 is 4.74 Å². The standard InChI is InChI=1S/C16H21ClO/c1-11-4-2-6-14(11)16(17)13-7-8-15-12(10-13)5-3-9-18-15/h7-8,10-11,14,16H,2-6,9H2,1H3. The molecular formula is C16H21ClO. The van der Waals surface area contributed by atoms with Gasteiger partial charge in [-0.25, -0.2) is 0 Å². The molecule has 3 unspecified atom stereocenters. The van der Waals surface area contributed by atoms with Crippen molar-refractivity contribution in [2.45, 2.75) is 44.4 Å². The molecule has 0 amide bonds. The van der Waals surface area contributed by atoms with Gasteiger partial charge in [0.1, 0.15) is 5.75 Å². The fraction of sp³-hybridized carbons (Fsp3) is 0.625. The molecule has 0 bridgehead atoms. The normalized spacial score (nSPS) is 28.6. The van der Waals surface area contributed by atoms with Crippen molar-refractivity contribution in [3.8, 4) is 5.75 Å². The van der Waals surface area contributed by atoms with Crippen LogP contribution in [0.25, 0.3) is 0 Å². The molecule has 0 N–H and O–H groups in total. The summed E-state index contributed by atoms with van der Waals surface area (Å²) in [5.41, 5.74) is 2.63. The third-order valence-electron chi connectivity index (χ3n) is 4.55. The molecule has 0 aromatic heterocycles. The van der Waals surface area contributed by atoms with Gasteiger partial charge >= 0.3 is 0 Å². The first-order valence-electron chi connectivity index (χ1n) is 7.15. The Morgan fingerprint density at radius 2 is 2.17 bits per heavy atom. The molecule has 1 nitrogen and oxygen atoms in total. The van der Waals surface area contributed by atoms with Gasteiger partial charge in [0, 0.05) is 0 Å². The van der Waals surface area contributed by atoms with Crippen molar-refractivity contribution >= 4 is 11.6 Å². The van der Waals surface area contributed by atoms with Crippen LogP contribution in [0.2, 0.25) is 0 Å².